The molecule has 0 aromatic heterocycles. The number of piperidine rings is 1. The Morgan fingerprint density at radius 3 is 2.72 bits per heavy atom. The lowest BCUT2D eigenvalue weighted by Crippen LogP contribution is -2.39. The number of hydrogen-bond acceptors (Lipinski definition) is 3. The Kier molecular flexibility index (Phi) is 4.02. The van der Waals surface area contributed by atoms with Gasteiger partial charge in [-0.2, -0.15) is 0 Å². The number of benzene rings is 1. The first kappa shape index (κ1) is 12.7. The molecule has 1 aliphatic rings. The third kappa shape index (κ3) is 3.12. The molecule has 1 heterocycles. The van der Waals surface area contributed by atoms with Crippen LogP contribution in [-0.4, -0.2) is 30.4 Å². The monoisotopic (exact) mass is 251 g/mol. The standard InChI is InChI=1S/C13H18FN3O/c14-11-8-10(15)4-5-12(11)16-9-13(18)17-6-2-1-3-7-17/h4-5,8,16H,1-3,6-7,9,15H2. The molecule has 0 bridgehead atoms. The maximum absolute atomic E-state index is 13.5. The summed E-state index contributed by atoms with van der Waals surface area (Å²) in [5.41, 5.74) is 6.15. The molecule has 1 saturated heterocycles. The Morgan fingerprint density at radius 1 is 1.33 bits per heavy atom. The van der Waals surface area contributed by atoms with E-state index in [0.717, 1.165) is 25.9 Å². The van der Waals surface area contributed by atoms with Gasteiger partial charge in [0.1, 0.15) is 5.82 Å². The Balaban J connectivity index is 1.88. The number of carbonyl (C=O) groups is 1. The maximum atomic E-state index is 13.5. The van der Waals surface area contributed by atoms with Crippen LogP contribution >= 0.6 is 0 Å². The molecule has 0 radical (unpaired) electrons. The number of likely N-dealkylation sites (tertiary alicyclic amines) is 1. The summed E-state index contributed by atoms with van der Waals surface area (Å²) < 4.78 is 13.5. The fraction of sp³-hybridized carbons (Fsp3) is 0.462. The lowest BCUT2D eigenvalue weighted by molar-refractivity contribution is -0.130. The number of carbonyl (C=O) groups excluding carboxylic acids is 1. The molecule has 1 amide bonds. The molecule has 0 spiro atoms. The van der Waals surface area contributed by atoms with Crippen LogP contribution in [0.1, 0.15) is 19.3 Å². The second-order valence-electron chi connectivity index (χ2n) is 4.53. The van der Waals surface area contributed by atoms with Gasteiger partial charge in [-0.1, -0.05) is 0 Å². The predicted octanol–water partition coefficient (Wildman–Crippen LogP) is 1.83. The number of nitrogens with zero attached hydrogens (tertiary/aromatic N) is 1. The molecule has 98 valence electrons. The summed E-state index contributed by atoms with van der Waals surface area (Å²) in [6, 6.07) is 4.40. The third-order valence-electron chi connectivity index (χ3n) is 3.13. The van der Waals surface area contributed by atoms with Gasteiger partial charge in [-0.25, -0.2) is 4.39 Å². The molecule has 1 aromatic carbocycles. The molecule has 0 saturated carbocycles. The zero-order valence-electron chi connectivity index (χ0n) is 10.3. The van der Waals surface area contributed by atoms with E-state index < -0.39 is 5.82 Å². The zero-order valence-corrected chi connectivity index (χ0v) is 10.3. The van der Waals surface area contributed by atoms with Crippen molar-refractivity contribution in [1.29, 1.82) is 0 Å². The largest absolute Gasteiger partial charge is 0.399 e. The average Bonchev–Trinajstić information content (AvgIpc) is 2.38. The van der Waals surface area contributed by atoms with Gasteiger partial charge >= 0.3 is 0 Å². The Labute approximate surface area is 106 Å². The normalized spacial score (nSPS) is 15.5. The Hall–Kier alpha value is -1.78. The van der Waals surface area contributed by atoms with Crippen molar-refractivity contribution in [3.05, 3.63) is 24.0 Å². The van der Waals surface area contributed by atoms with Crippen molar-refractivity contribution in [2.24, 2.45) is 0 Å². The lowest BCUT2D eigenvalue weighted by Gasteiger charge is -2.26. The molecule has 18 heavy (non-hydrogen) atoms. The van der Waals surface area contributed by atoms with Gasteiger partial charge in [-0.15, -0.1) is 0 Å². The van der Waals surface area contributed by atoms with Crippen molar-refractivity contribution in [2.75, 3.05) is 30.7 Å². The Morgan fingerprint density at radius 2 is 2.06 bits per heavy atom. The number of rotatable bonds is 3. The summed E-state index contributed by atoms with van der Waals surface area (Å²) in [5.74, 6) is -0.410. The highest BCUT2D eigenvalue weighted by Crippen LogP contribution is 2.17. The highest BCUT2D eigenvalue weighted by atomic mass is 19.1. The average molecular weight is 251 g/mol. The van der Waals surface area contributed by atoms with E-state index in [0.29, 0.717) is 11.4 Å². The lowest BCUT2D eigenvalue weighted by atomic mass is 10.1. The number of halogens is 1. The molecule has 0 atom stereocenters. The molecule has 0 unspecified atom stereocenters. The van der Waals surface area contributed by atoms with E-state index in [1.807, 2.05) is 4.90 Å². The van der Waals surface area contributed by atoms with Crippen LogP contribution in [0.3, 0.4) is 0 Å². The van der Waals surface area contributed by atoms with Gasteiger partial charge < -0.3 is 16.0 Å². The van der Waals surface area contributed by atoms with Gasteiger partial charge in [0, 0.05) is 18.8 Å². The molecule has 4 nitrogen and oxygen atoms in total. The van der Waals surface area contributed by atoms with E-state index in [4.69, 9.17) is 5.73 Å². The van der Waals surface area contributed by atoms with Crippen molar-refractivity contribution in [3.8, 4) is 0 Å². The fourth-order valence-corrected chi connectivity index (χ4v) is 2.10. The summed E-state index contributed by atoms with van der Waals surface area (Å²) in [5, 5.41) is 2.82. The summed E-state index contributed by atoms with van der Waals surface area (Å²) >= 11 is 0. The second kappa shape index (κ2) is 5.71. The van der Waals surface area contributed by atoms with E-state index in [2.05, 4.69) is 5.32 Å². The number of nitrogens with one attached hydrogen (secondary N) is 1. The maximum Gasteiger partial charge on any atom is 0.241 e. The first-order valence-electron chi connectivity index (χ1n) is 6.23. The first-order valence-corrected chi connectivity index (χ1v) is 6.23. The van der Waals surface area contributed by atoms with Crippen molar-refractivity contribution in [3.63, 3.8) is 0 Å². The van der Waals surface area contributed by atoms with Gasteiger partial charge in [0.15, 0.2) is 0 Å². The van der Waals surface area contributed by atoms with Crippen LogP contribution in [0.5, 0.6) is 0 Å². The van der Waals surface area contributed by atoms with E-state index in [-0.39, 0.29) is 12.5 Å². The minimum absolute atomic E-state index is 0.0194. The summed E-state index contributed by atoms with van der Waals surface area (Å²) in [6.07, 6.45) is 3.30. The highest BCUT2D eigenvalue weighted by Gasteiger charge is 2.16. The van der Waals surface area contributed by atoms with Crippen molar-refractivity contribution in [1.82, 2.24) is 4.90 Å². The Bertz CT molecular complexity index is 430. The van der Waals surface area contributed by atoms with Crippen LogP contribution in [0.4, 0.5) is 15.8 Å². The van der Waals surface area contributed by atoms with Crippen LogP contribution in [0.15, 0.2) is 18.2 Å². The number of nitrogens with two attached hydrogens (primary N) is 1. The molecule has 1 fully saturated rings. The molecule has 1 aliphatic heterocycles. The van der Waals surface area contributed by atoms with E-state index in [9.17, 15) is 9.18 Å². The number of nitrogen functional groups attached to an aromatic ring is 1. The first-order chi connectivity index (χ1) is 8.66. The van der Waals surface area contributed by atoms with Gasteiger partial charge in [0.25, 0.3) is 0 Å². The summed E-state index contributed by atoms with van der Waals surface area (Å²) in [4.78, 5) is 13.7. The third-order valence-corrected chi connectivity index (χ3v) is 3.13. The topological polar surface area (TPSA) is 58.4 Å². The summed E-state index contributed by atoms with van der Waals surface area (Å²) in [7, 11) is 0. The fourth-order valence-electron chi connectivity index (χ4n) is 2.10. The highest BCUT2D eigenvalue weighted by molar-refractivity contribution is 5.81. The van der Waals surface area contributed by atoms with E-state index in [1.54, 1.807) is 12.1 Å². The second-order valence-corrected chi connectivity index (χ2v) is 4.53. The minimum atomic E-state index is -0.429. The quantitative estimate of drug-likeness (QED) is 0.806. The van der Waals surface area contributed by atoms with Crippen LogP contribution in [0, 0.1) is 5.82 Å². The summed E-state index contributed by atoms with van der Waals surface area (Å²) in [6.45, 7) is 1.75. The van der Waals surface area contributed by atoms with Gasteiger partial charge in [-0.3, -0.25) is 4.79 Å². The molecular weight excluding hydrogens is 233 g/mol. The van der Waals surface area contributed by atoms with Crippen LogP contribution in [0.2, 0.25) is 0 Å². The predicted molar refractivity (Wildman–Crippen MR) is 69.7 cm³/mol. The number of amides is 1. The molecule has 1 aromatic rings. The smallest absolute Gasteiger partial charge is 0.241 e. The zero-order chi connectivity index (χ0) is 13.0. The molecule has 5 heteroatoms. The van der Waals surface area contributed by atoms with Crippen molar-refractivity contribution >= 4 is 17.3 Å². The molecule has 3 N–H and O–H groups in total. The van der Waals surface area contributed by atoms with Crippen LogP contribution in [-0.2, 0) is 4.79 Å². The molecular formula is C13H18FN3O. The van der Waals surface area contributed by atoms with Crippen LogP contribution < -0.4 is 11.1 Å². The number of anilines is 2. The minimum Gasteiger partial charge on any atom is -0.399 e. The van der Waals surface area contributed by atoms with Crippen molar-refractivity contribution in [2.45, 2.75) is 19.3 Å². The molecule has 0 aliphatic carbocycles. The van der Waals surface area contributed by atoms with E-state index >= 15 is 0 Å². The number of hydrogen-bond donors (Lipinski definition) is 2. The van der Waals surface area contributed by atoms with Gasteiger partial charge in [0.05, 0.1) is 12.2 Å². The van der Waals surface area contributed by atoms with Crippen LogP contribution in [0.25, 0.3) is 0 Å². The molecule has 2 rings (SSSR count). The van der Waals surface area contributed by atoms with Gasteiger partial charge in [0.2, 0.25) is 5.91 Å². The van der Waals surface area contributed by atoms with E-state index in [1.165, 1.54) is 12.5 Å². The SMILES string of the molecule is Nc1ccc(NCC(=O)N2CCCCC2)c(F)c1. The van der Waals surface area contributed by atoms with Gasteiger partial charge in [-0.05, 0) is 37.5 Å². The van der Waals surface area contributed by atoms with Crippen molar-refractivity contribution < 1.29 is 9.18 Å².